The maximum Gasteiger partial charge on any atom is 0.326 e. The number of likely N-dealkylation sites (tertiary alicyclic amines) is 1. The molecule has 198 valence electrons. The Labute approximate surface area is 212 Å². The number of carboxylic acid groups (broad SMARTS) is 1. The summed E-state index contributed by atoms with van der Waals surface area (Å²) in [5.41, 5.74) is 1.39. The van der Waals surface area contributed by atoms with Gasteiger partial charge in [-0.1, -0.05) is 19.4 Å². The number of ketones is 1. The number of β-amino-alcohol motifs (C(OH)–C–C–N with tert-alkyl or cyclic N) is 1. The van der Waals surface area contributed by atoms with E-state index in [9.17, 15) is 29.4 Å². The zero-order valence-corrected chi connectivity index (χ0v) is 21.4. The summed E-state index contributed by atoms with van der Waals surface area (Å²) >= 11 is 0. The molecule has 0 aromatic heterocycles. The van der Waals surface area contributed by atoms with Crippen LogP contribution in [0.1, 0.15) is 84.5 Å². The summed E-state index contributed by atoms with van der Waals surface area (Å²) in [6.45, 7) is 4.62. The van der Waals surface area contributed by atoms with Gasteiger partial charge in [0.15, 0.2) is 5.78 Å². The van der Waals surface area contributed by atoms with Crippen molar-refractivity contribution in [2.24, 2.45) is 28.6 Å². The van der Waals surface area contributed by atoms with Crippen LogP contribution in [0.25, 0.3) is 0 Å². The number of aliphatic carboxylic acids is 1. The molecule has 3 saturated carbocycles. The lowest BCUT2D eigenvalue weighted by Crippen LogP contribution is -2.51. The van der Waals surface area contributed by atoms with Crippen molar-refractivity contribution in [3.05, 3.63) is 11.6 Å². The van der Waals surface area contributed by atoms with Gasteiger partial charge >= 0.3 is 11.9 Å². The number of rotatable bonds is 5. The van der Waals surface area contributed by atoms with Crippen LogP contribution in [0.3, 0.4) is 0 Å². The van der Waals surface area contributed by atoms with E-state index < -0.39 is 30.0 Å². The van der Waals surface area contributed by atoms with Crippen molar-refractivity contribution in [1.29, 1.82) is 0 Å². The van der Waals surface area contributed by atoms with Crippen molar-refractivity contribution >= 4 is 23.6 Å². The first kappa shape index (κ1) is 25.4. The Morgan fingerprint density at radius 1 is 1.06 bits per heavy atom. The number of aliphatic hydroxyl groups is 1. The average Bonchev–Trinajstić information content (AvgIpc) is 3.38. The molecule has 4 aliphatic carbocycles. The number of carbonyl (C=O) groups is 4. The van der Waals surface area contributed by atoms with Gasteiger partial charge in [-0.2, -0.15) is 0 Å². The van der Waals surface area contributed by atoms with Crippen LogP contribution in [0, 0.1) is 28.6 Å². The second-order valence-electron chi connectivity index (χ2n) is 12.4. The third-order valence-corrected chi connectivity index (χ3v) is 10.6. The Kier molecular flexibility index (Phi) is 6.54. The van der Waals surface area contributed by atoms with E-state index in [2.05, 4.69) is 13.8 Å². The minimum Gasteiger partial charge on any atom is -0.480 e. The van der Waals surface area contributed by atoms with Gasteiger partial charge in [0.2, 0.25) is 5.91 Å². The molecule has 1 amide bonds. The van der Waals surface area contributed by atoms with E-state index in [1.165, 1.54) is 10.5 Å². The fraction of sp³-hybridized carbons (Fsp3) is 0.786. The number of allylic oxidation sites excluding steroid dienone is 1. The summed E-state index contributed by atoms with van der Waals surface area (Å²) in [6, 6.07) is -1.04. The molecule has 0 aromatic carbocycles. The minimum absolute atomic E-state index is 0.0141. The topological polar surface area (TPSA) is 121 Å². The molecule has 8 atom stereocenters. The largest absolute Gasteiger partial charge is 0.480 e. The molecule has 2 N–H and O–H groups in total. The van der Waals surface area contributed by atoms with Gasteiger partial charge in [-0.05, 0) is 74.2 Å². The predicted octanol–water partition coefficient (Wildman–Crippen LogP) is 3.26. The predicted molar refractivity (Wildman–Crippen MR) is 130 cm³/mol. The van der Waals surface area contributed by atoms with Gasteiger partial charge in [-0.25, -0.2) is 4.79 Å². The molecule has 1 saturated heterocycles. The van der Waals surface area contributed by atoms with Gasteiger partial charge in [0, 0.05) is 31.2 Å². The molecular formula is C28H39NO7. The number of carboxylic acids is 1. The Morgan fingerprint density at radius 3 is 2.58 bits per heavy atom. The molecule has 0 spiro atoms. The first-order chi connectivity index (χ1) is 17.0. The van der Waals surface area contributed by atoms with Crippen molar-refractivity contribution in [2.75, 3.05) is 6.54 Å². The van der Waals surface area contributed by atoms with Crippen LogP contribution in [0.2, 0.25) is 0 Å². The normalized spacial score (nSPS) is 41.7. The number of hydrogen-bond donors (Lipinski definition) is 2. The highest BCUT2D eigenvalue weighted by molar-refractivity contribution is 5.91. The van der Waals surface area contributed by atoms with Crippen molar-refractivity contribution in [2.45, 2.75) is 103 Å². The second kappa shape index (κ2) is 9.26. The van der Waals surface area contributed by atoms with E-state index in [1.807, 2.05) is 6.08 Å². The quantitative estimate of drug-likeness (QED) is 0.555. The Bertz CT molecular complexity index is 990. The number of esters is 1. The Morgan fingerprint density at radius 2 is 1.83 bits per heavy atom. The molecule has 0 aromatic rings. The monoisotopic (exact) mass is 501 g/mol. The van der Waals surface area contributed by atoms with Crippen LogP contribution in [0.4, 0.5) is 0 Å². The van der Waals surface area contributed by atoms with Crippen LogP contribution < -0.4 is 0 Å². The molecule has 4 fully saturated rings. The lowest BCUT2D eigenvalue weighted by molar-refractivity contribution is -0.161. The number of ether oxygens (including phenoxy) is 1. The number of hydrogen-bond acceptors (Lipinski definition) is 6. The molecule has 8 heteroatoms. The van der Waals surface area contributed by atoms with Crippen molar-refractivity contribution < 1.29 is 34.1 Å². The summed E-state index contributed by atoms with van der Waals surface area (Å²) < 4.78 is 5.99. The molecular weight excluding hydrogens is 462 g/mol. The van der Waals surface area contributed by atoms with E-state index in [0.29, 0.717) is 24.2 Å². The van der Waals surface area contributed by atoms with Crippen molar-refractivity contribution in [1.82, 2.24) is 4.90 Å². The van der Waals surface area contributed by atoms with E-state index >= 15 is 0 Å². The molecule has 0 bridgehead atoms. The highest BCUT2D eigenvalue weighted by Crippen LogP contribution is 2.65. The maximum absolute atomic E-state index is 12.8. The fourth-order valence-corrected chi connectivity index (χ4v) is 8.60. The third-order valence-electron chi connectivity index (χ3n) is 10.6. The highest BCUT2D eigenvalue weighted by Gasteiger charge is 2.60. The molecule has 5 rings (SSSR count). The Hall–Kier alpha value is -2.22. The SMILES string of the molecule is C[C@]12CC[C@H]3[C@@H](CCC4=CC(=O)CC[C@@]43C)[C@@H]1CC[C@H]2OC(=O)CCC(=O)N1C[C@H](O)C[C@@H]1C(=O)O. The zero-order chi connectivity index (χ0) is 25.8. The van der Waals surface area contributed by atoms with E-state index in [4.69, 9.17) is 4.74 Å². The highest BCUT2D eigenvalue weighted by atomic mass is 16.5. The Balaban J connectivity index is 1.19. The van der Waals surface area contributed by atoms with Crippen LogP contribution in [0.15, 0.2) is 11.6 Å². The zero-order valence-electron chi connectivity index (χ0n) is 21.4. The summed E-state index contributed by atoms with van der Waals surface area (Å²) in [6.07, 6.45) is 8.37. The molecule has 0 unspecified atom stereocenters. The van der Waals surface area contributed by atoms with Gasteiger partial charge < -0.3 is 19.8 Å². The average molecular weight is 502 g/mol. The minimum atomic E-state index is -1.14. The smallest absolute Gasteiger partial charge is 0.326 e. The van der Waals surface area contributed by atoms with E-state index in [-0.39, 0.29) is 48.5 Å². The van der Waals surface area contributed by atoms with Gasteiger partial charge in [0.1, 0.15) is 12.1 Å². The first-order valence-corrected chi connectivity index (χ1v) is 13.7. The van der Waals surface area contributed by atoms with Crippen LogP contribution >= 0.6 is 0 Å². The van der Waals surface area contributed by atoms with Gasteiger partial charge in [0.25, 0.3) is 0 Å². The third kappa shape index (κ3) is 4.19. The van der Waals surface area contributed by atoms with Gasteiger partial charge in [-0.3, -0.25) is 14.4 Å². The number of aliphatic hydroxyl groups excluding tert-OH is 1. The number of amides is 1. The number of fused-ring (bicyclic) bond motifs is 5. The van der Waals surface area contributed by atoms with Crippen LogP contribution in [-0.2, 0) is 23.9 Å². The lowest BCUT2D eigenvalue weighted by atomic mass is 9.47. The van der Waals surface area contributed by atoms with Gasteiger partial charge in [0.05, 0.1) is 12.5 Å². The summed E-state index contributed by atoms with van der Waals surface area (Å²) in [7, 11) is 0. The summed E-state index contributed by atoms with van der Waals surface area (Å²) in [5, 5.41) is 19.1. The molecule has 5 aliphatic rings. The fourth-order valence-electron chi connectivity index (χ4n) is 8.60. The van der Waals surface area contributed by atoms with Gasteiger partial charge in [-0.15, -0.1) is 0 Å². The number of nitrogens with zero attached hydrogens (tertiary/aromatic N) is 1. The molecule has 1 aliphatic heterocycles. The second-order valence-corrected chi connectivity index (χ2v) is 12.4. The lowest BCUT2D eigenvalue weighted by Gasteiger charge is -2.57. The molecule has 0 radical (unpaired) electrons. The van der Waals surface area contributed by atoms with E-state index in [0.717, 1.165) is 44.9 Å². The van der Waals surface area contributed by atoms with Crippen LogP contribution in [0.5, 0.6) is 0 Å². The van der Waals surface area contributed by atoms with E-state index in [1.54, 1.807) is 0 Å². The van der Waals surface area contributed by atoms with Crippen LogP contribution in [-0.4, -0.2) is 63.5 Å². The summed E-state index contributed by atoms with van der Waals surface area (Å²) in [4.78, 5) is 50.0. The number of carbonyl (C=O) groups excluding carboxylic acids is 3. The molecule has 8 nitrogen and oxygen atoms in total. The van der Waals surface area contributed by atoms with Crippen molar-refractivity contribution in [3.8, 4) is 0 Å². The standard InChI is InChI=1S/C28H39NO7/c1-27-11-9-17(30)13-16(27)3-4-19-20-5-6-23(28(20,2)12-10-21(19)27)36-25(33)8-7-24(32)29-15-18(31)14-22(29)26(34)35/h13,18-23,31H,3-12,14-15H2,1-2H3,(H,34,35)/t18-,19+,20+,21+,22-,23-,27+,28+/m1/s1. The molecule has 36 heavy (non-hydrogen) atoms. The first-order valence-electron chi connectivity index (χ1n) is 13.7. The summed E-state index contributed by atoms with van der Waals surface area (Å²) in [5.74, 6) is -0.0520. The maximum atomic E-state index is 12.8. The van der Waals surface area contributed by atoms with Crippen molar-refractivity contribution in [3.63, 3.8) is 0 Å². The molecule has 1 heterocycles.